The molecule has 1 aliphatic carbocycles. The second-order valence-electron chi connectivity index (χ2n) is 5.83. The molecule has 1 aromatic rings. The molecule has 1 aliphatic heterocycles. The molecule has 1 atom stereocenters. The van der Waals surface area contributed by atoms with E-state index in [-0.39, 0.29) is 0 Å². The lowest BCUT2D eigenvalue weighted by Crippen LogP contribution is -2.45. The van der Waals surface area contributed by atoms with Crippen molar-refractivity contribution in [3.05, 3.63) is 18.2 Å². The van der Waals surface area contributed by atoms with Crippen molar-refractivity contribution in [2.45, 2.75) is 57.3 Å². The molecule has 0 amide bonds. The van der Waals surface area contributed by atoms with E-state index in [0.29, 0.717) is 24.5 Å². The maximum absolute atomic E-state index is 12.9. The number of aromatic nitrogens is 2. The largest absolute Gasteiger partial charge is 0.319 e. The zero-order valence-electron chi connectivity index (χ0n) is 11.6. The number of halogens is 2. The summed E-state index contributed by atoms with van der Waals surface area (Å²) >= 11 is 0. The summed E-state index contributed by atoms with van der Waals surface area (Å²) in [5, 5.41) is 3.56. The Balaban J connectivity index is 1.61. The first-order chi connectivity index (χ1) is 9.74. The molecule has 1 unspecified atom stereocenters. The molecule has 20 heavy (non-hydrogen) atoms. The Hall–Kier alpha value is -1.01. The van der Waals surface area contributed by atoms with Crippen LogP contribution >= 0.6 is 0 Å². The zero-order chi connectivity index (χ0) is 13.9. The van der Waals surface area contributed by atoms with Gasteiger partial charge < -0.3 is 5.32 Å². The highest BCUT2D eigenvalue weighted by atomic mass is 19.3. The minimum atomic E-state index is -2.50. The Morgan fingerprint density at radius 1 is 1.30 bits per heavy atom. The van der Waals surface area contributed by atoms with Crippen molar-refractivity contribution in [3.8, 4) is 0 Å². The Morgan fingerprint density at radius 3 is 2.90 bits per heavy atom. The molecule has 4 nitrogen and oxygen atoms in total. The number of piperidine rings is 1. The van der Waals surface area contributed by atoms with Gasteiger partial charge in [0.05, 0.1) is 6.54 Å². The van der Waals surface area contributed by atoms with E-state index < -0.39 is 6.55 Å². The van der Waals surface area contributed by atoms with E-state index in [9.17, 15) is 8.78 Å². The standard InChI is InChI=1S/C14H22F2N4/c15-14(16)20-8-6-17-13(20)10-19-7-2-1-3-12(19)9-18-11-4-5-11/h6,8,11-12,14,18H,1-5,7,9-10H2. The van der Waals surface area contributed by atoms with Gasteiger partial charge in [0.15, 0.2) is 0 Å². The first kappa shape index (κ1) is 13.9. The molecule has 1 saturated heterocycles. The number of alkyl halides is 2. The van der Waals surface area contributed by atoms with Gasteiger partial charge in [-0.15, -0.1) is 0 Å². The molecule has 1 saturated carbocycles. The lowest BCUT2D eigenvalue weighted by atomic mass is 10.0. The van der Waals surface area contributed by atoms with E-state index in [4.69, 9.17) is 0 Å². The van der Waals surface area contributed by atoms with Crippen LogP contribution in [0.25, 0.3) is 0 Å². The van der Waals surface area contributed by atoms with Crippen molar-refractivity contribution < 1.29 is 8.78 Å². The molecule has 0 aromatic carbocycles. The summed E-state index contributed by atoms with van der Waals surface area (Å²) in [5.41, 5.74) is 0. The molecule has 3 rings (SSSR count). The fourth-order valence-electron chi connectivity index (χ4n) is 2.92. The van der Waals surface area contributed by atoms with Crippen LogP contribution in [-0.2, 0) is 6.54 Å². The van der Waals surface area contributed by atoms with Gasteiger partial charge in [0.25, 0.3) is 0 Å². The van der Waals surface area contributed by atoms with Gasteiger partial charge in [0, 0.05) is 31.0 Å². The summed E-state index contributed by atoms with van der Waals surface area (Å²) in [6.07, 6.45) is 8.91. The van der Waals surface area contributed by atoms with Gasteiger partial charge in [-0.3, -0.25) is 9.47 Å². The van der Waals surface area contributed by atoms with Crippen LogP contribution in [0.5, 0.6) is 0 Å². The van der Waals surface area contributed by atoms with E-state index in [1.54, 1.807) is 0 Å². The number of nitrogens with zero attached hydrogens (tertiary/aromatic N) is 3. The predicted octanol–water partition coefficient (Wildman–Crippen LogP) is 2.38. The summed E-state index contributed by atoms with van der Waals surface area (Å²) < 4.78 is 26.7. The fourth-order valence-corrected chi connectivity index (χ4v) is 2.92. The average Bonchev–Trinajstić information content (AvgIpc) is 3.15. The monoisotopic (exact) mass is 284 g/mol. The first-order valence-corrected chi connectivity index (χ1v) is 7.51. The lowest BCUT2D eigenvalue weighted by Gasteiger charge is -2.35. The maximum Gasteiger partial charge on any atom is 0.319 e. The Kier molecular flexibility index (Phi) is 4.31. The molecule has 6 heteroatoms. The number of imidazole rings is 1. The average molecular weight is 284 g/mol. The number of hydrogen-bond donors (Lipinski definition) is 1. The van der Waals surface area contributed by atoms with Crippen molar-refractivity contribution in [1.29, 1.82) is 0 Å². The van der Waals surface area contributed by atoms with E-state index in [1.165, 1.54) is 31.7 Å². The van der Waals surface area contributed by atoms with Crippen molar-refractivity contribution in [3.63, 3.8) is 0 Å². The molecular weight excluding hydrogens is 262 g/mol. The molecule has 0 bridgehead atoms. The summed E-state index contributed by atoms with van der Waals surface area (Å²) in [6.45, 7) is -0.0260. The minimum Gasteiger partial charge on any atom is -0.312 e. The van der Waals surface area contributed by atoms with E-state index in [1.807, 2.05) is 0 Å². The fraction of sp³-hybridized carbons (Fsp3) is 0.786. The molecule has 112 valence electrons. The van der Waals surface area contributed by atoms with Crippen LogP contribution in [0.1, 0.15) is 44.5 Å². The predicted molar refractivity (Wildman–Crippen MR) is 72.6 cm³/mol. The van der Waals surface area contributed by atoms with Gasteiger partial charge in [0.1, 0.15) is 5.82 Å². The number of nitrogens with one attached hydrogen (secondary N) is 1. The van der Waals surface area contributed by atoms with Crippen LogP contribution in [0.15, 0.2) is 12.4 Å². The van der Waals surface area contributed by atoms with Gasteiger partial charge in [-0.2, -0.15) is 8.78 Å². The third-order valence-corrected chi connectivity index (χ3v) is 4.27. The Bertz CT molecular complexity index is 431. The van der Waals surface area contributed by atoms with Crippen molar-refractivity contribution >= 4 is 0 Å². The Labute approximate surface area is 118 Å². The molecule has 1 aromatic heterocycles. The minimum absolute atomic E-state index is 0.451. The molecule has 2 fully saturated rings. The third kappa shape index (κ3) is 3.35. The van der Waals surface area contributed by atoms with E-state index in [0.717, 1.165) is 30.5 Å². The second kappa shape index (κ2) is 6.18. The highest BCUT2D eigenvalue weighted by Gasteiger charge is 2.27. The smallest absolute Gasteiger partial charge is 0.312 e. The first-order valence-electron chi connectivity index (χ1n) is 7.51. The molecule has 0 spiro atoms. The van der Waals surface area contributed by atoms with Crippen molar-refractivity contribution in [2.75, 3.05) is 13.1 Å². The van der Waals surface area contributed by atoms with Crippen molar-refractivity contribution in [2.24, 2.45) is 0 Å². The molecule has 2 heterocycles. The quantitative estimate of drug-likeness (QED) is 0.870. The van der Waals surface area contributed by atoms with Crippen LogP contribution in [0.4, 0.5) is 8.78 Å². The summed E-state index contributed by atoms with van der Waals surface area (Å²) in [4.78, 5) is 6.40. The third-order valence-electron chi connectivity index (χ3n) is 4.27. The van der Waals surface area contributed by atoms with Crippen LogP contribution < -0.4 is 5.32 Å². The number of likely N-dealkylation sites (tertiary alicyclic amines) is 1. The van der Waals surface area contributed by atoms with Crippen LogP contribution in [0.2, 0.25) is 0 Å². The maximum atomic E-state index is 12.9. The van der Waals surface area contributed by atoms with Gasteiger partial charge in [0.2, 0.25) is 0 Å². The molecule has 1 N–H and O–H groups in total. The van der Waals surface area contributed by atoms with E-state index >= 15 is 0 Å². The van der Waals surface area contributed by atoms with Crippen LogP contribution in [0.3, 0.4) is 0 Å². The van der Waals surface area contributed by atoms with Crippen LogP contribution in [0, 0.1) is 0 Å². The summed E-state index contributed by atoms with van der Waals surface area (Å²) in [5.74, 6) is 0.471. The van der Waals surface area contributed by atoms with E-state index in [2.05, 4.69) is 15.2 Å². The lowest BCUT2D eigenvalue weighted by molar-refractivity contribution is 0.0595. The van der Waals surface area contributed by atoms with Gasteiger partial charge in [-0.05, 0) is 32.2 Å². The van der Waals surface area contributed by atoms with Crippen LogP contribution in [-0.4, -0.2) is 39.6 Å². The molecule has 0 radical (unpaired) electrons. The summed E-state index contributed by atoms with van der Waals surface area (Å²) in [6, 6.07) is 1.15. The summed E-state index contributed by atoms with van der Waals surface area (Å²) in [7, 11) is 0. The highest BCUT2D eigenvalue weighted by molar-refractivity contribution is 4.95. The SMILES string of the molecule is FC(F)n1ccnc1CN1CCCCC1CNC1CC1. The highest BCUT2D eigenvalue weighted by Crippen LogP contribution is 2.23. The topological polar surface area (TPSA) is 33.1 Å². The van der Waals surface area contributed by atoms with Gasteiger partial charge in [-0.25, -0.2) is 4.98 Å². The normalized spacial score (nSPS) is 24.4. The molecule has 2 aliphatic rings. The Morgan fingerprint density at radius 2 is 2.15 bits per heavy atom. The zero-order valence-corrected chi connectivity index (χ0v) is 11.6. The second-order valence-corrected chi connectivity index (χ2v) is 5.83. The van der Waals surface area contributed by atoms with Crippen molar-refractivity contribution in [1.82, 2.24) is 19.8 Å². The molecular formula is C14H22F2N4. The van der Waals surface area contributed by atoms with Gasteiger partial charge >= 0.3 is 6.55 Å². The number of hydrogen-bond acceptors (Lipinski definition) is 3. The van der Waals surface area contributed by atoms with Gasteiger partial charge in [-0.1, -0.05) is 6.42 Å². The number of rotatable bonds is 6.